The van der Waals surface area contributed by atoms with Gasteiger partial charge in [0.05, 0.1) is 11.4 Å². The molecule has 1 N–H and O–H groups in total. The molecule has 0 aromatic carbocycles. The van der Waals surface area contributed by atoms with Crippen LogP contribution in [-0.4, -0.2) is 26.7 Å². The number of aliphatic hydroxyl groups is 1. The molecule has 1 aromatic heterocycles. The lowest BCUT2D eigenvalue weighted by Crippen LogP contribution is -2.00. The van der Waals surface area contributed by atoms with Crippen LogP contribution in [0.2, 0.25) is 0 Å². The summed E-state index contributed by atoms with van der Waals surface area (Å²) in [7, 11) is 0. The zero-order chi connectivity index (χ0) is 8.27. The zero-order valence-corrected chi connectivity index (χ0v) is 6.91. The fourth-order valence-electron chi connectivity index (χ4n) is 1.03. The van der Waals surface area contributed by atoms with Crippen molar-refractivity contribution in [3.63, 3.8) is 0 Å². The van der Waals surface area contributed by atoms with Gasteiger partial charge in [0.25, 0.3) is 0 Å². The normalized spacial score (nSPS) is 10.5. The molecule has 1 heterocycles. The van der Waals surface area contributed by atoms with Gasteiger partial charge in [0.1, 0.15) is 0 Å². The molecule has 0 spiro atoms. The predicted octanol–water partition coefficient (Wildman–Crippen LogP) is 0.141. The molecule has 0 radical (unpaired) electrons. The van der Waals surface area contributed by atoms with Gasteiger partial charge in [-0.1, -0.05) is 5.21 Å². The molecular formula is C7H13N3O. The summed E-state index contributed by atoms with van der Waals surface area (Å²) in [5.74, 6) is 0. The Kier molecular flexibility index (Phi) is 2.59. The second-order valence-electron chi connectivity index (χ2n) is 2.41. The Morgan fingerprint density at radius 3 is 2.73 bits per heavy atom. The highest BCUT2D eigenvalue weighted by molar-refractivity contribution is 5.07. The fraction of sp³-hybridized carbons (Fsp3) is 0.714. The van der Waals surface area contributed by atoms with Crippen molar-refractivity contribution in [2.24, 2.45) is 0 Å². The first-order chi connectivity index (χ1) is 5.29. The van der Waals surface area contributed by atoms with Gasteiger partial charge in [-0.15, -0.1) is 5.10 Å². The quantitative estimate of drug-likeness (QED) is 0.675. The third-order valence-corrected chi connectivity index (χ3v) is 1.73. The maximum absolute atomic E-state index is 8.65. The highest BCUT2D eigenvalue weighted by Crippen LogP contribution is 2.02. The van der Waals surface area contributed by atoms with Crippen molar-refractivity contribution >= 4 is 0 Å². The molecule has 0 amide bonds. The van der Waals surface area contributed by atoms with Gasteiger partial charge in [0.2, 0.25) is 0 Å². The molecule has 0 aliphatic carbocycles. The molecule has 0 saturated carbocycles. The Hall–Kier alpha value is -0.900. The highest BCUT2D eigenvalue weighted by Gasteiger charge is 2.04. The van der Waals surface area contributed by atoms with Crippen LogP contribution in [0.25, 0.3) is 0 Å². The monoisotopic (exact) mass is 155 g/mol. The molecule has 0 aliphatic heterocycles. The van der Waals surface area contributed by atoms with Crippen molar-refractivity contribution in [1.82, 2.24) is 15.0 Å². The molecule has 0 atom stereocenters. The SMILES string of the molecule is CCn1nnc(CCO)c1C. The lowest BCUT2D eigenvalue weighted by Gasteiger charge is -1.96. The van der Waals surface area contributed by atoms with Crippen LogP contribution in [-0.2, 0) is 13.0 Å². The van der Waals surface area contributed by atoms with Gasteiger partial charge >= 0.3 is 0 Å². The van der Waals surface area contributed by atoms with E-state index in [9.17, 15) is 0 Å². The van der Waals surface area contributed by atoms with Crippen LogP contribution < -0.4 is 0 Å². The lowest BCUT2D eigenvalue weighted by atomic mass is 10.3. The predicted molar refractivity (Wildman–Crippen MR) is 41.2 cm³/mol. The van der Waals surface area contributed by atoms with E-state index in [0.29, 0.717) is 6.42 Å². The van der Waals surface area contributed by atoms with E-state index in [1.54, 1.807) is 0 Å². The maximum atomic E-state index is 8.65. The molecular weight excluding hydrogens is 142 g/mol. The van der Waals surface area contributed by atoms with E-state index in [4.69, 9.17) is 5.11 Å². The maximum Gasteiger partial charge on any atom is 0.0879 e. The number of nitrogens with zero attached hydrogens (tertiary/aromatic N) is 3. The zero-order valence-electron chi connectivity index (χ0n) is 6.91. The Labute approximate surface area is 65.8 Å². The molecule has 4 nitrogen and oxygen atoms in total. The number of rotatable bonds is 3. The van der Waals surface area contributed by atoms with E-state index in [0.717, 1.165) is 17.9 Å². The minimum absolute atomic E-state index is 0.142. The Morgan fingerprint density at radius 1 is 1.55 bits per heavy atom. The minimum Gasteiger partial charge on any atom is -0.396 e. The topological polar surface area (TPSA) is 50.9 Å². The van der Waals surface area contributed by atoms with Gasteiger partial charge < -0.3 is 5.11 Å². The molecule has 4 heteroatoms. The van der Waals surface area contributed by atoms with Gasteiger partial charge in [0.15, 0.2) is 0 Å². The van der Waals surface area contributed by atoms with Crippen LogP contribution in [0.5, 0.6) is 0 Å². The van der Waals surface area contributed by atoms with E-state index < -0.39 is 0 Å². The van der Waals surface area contributed by atoms with E-state index >= 15 is 0 Å². The van der Waals surface area contributed by atoms with Gasteiger partial charge in [-0.2, -0.15) is 0 Å². The molecule has 0 fully saturated rings. The Morgan fingerprint density at radius 2 is 2.27 bits per heavy atom. The fourth-order valence-corrected chi connectivity index (χ4v) is 1.03. The van der Waals surface area contributed by atoms with Crippen LogP contribution in [0.1, 0.15) is 18.3 Å². The van der Waals surface area contributed by atoms with Crippen molar-refractivity contribution < 1.29 is 5.11 Å². The van der Waals surface area contributed by atoms with Crippen molar-refractivity contribution in [3.05, 3.63) is 11.4 Å². The highest BCUT2D eigenvalue weighted by atomic mass is 16.3. The van der Waals surface area contributed by atoms with Gasteiger partial charge in [-0.05, 0) is 13.8 Å². The number of aryl methyl sites for hydroxylation is 1. The number of hydrogen-bond acceptors (Lipinski definition) is 3. The third-order valence-electron chi connectivity index (χ3n) is 1.73. The second-order valence-corrected chi connectivity index (χ2v) is 2.41. The van der Waals surface area contributed by atoms with Gasteiger partial charge in [-0.3, -0.25) is 0 Å². The summed E-state index contributed by atoms with van der Waals surface area (Å²) >= 11 is 0. The largest absolute Gasteiger partial charge is 0.396 e. The summed E-state index contributed by atoms with van der Waals surface area (Å²) in [6.07, 6.45) is 0.603. The third kappa shape index (κ3) is 1.57. The number of hydrogen-bond donors (Lipinski definition) is 1. The Bertz CT molecular complexity index is 232. The van der Waals surface area contributed by atoms with Crippen molar-refractivity contribution in [1.29, 1.82) is 0 Å². The average molecular weight is 155 g/mol. The first-order valence-electron chi connectivity index (χ1n) is 3.79. The Balaban J connectivity index is 2.82. The first kappa shape index (κ1) is 8.20. The van der Waals surface area contributed by atoms with Crippen LogP contribution in [0.3, 0.4) is 0 Å². The minimum atomic E-state index is 0.142. The van der Waals surface area contributed by atoms with E-state index in [-0.39, 0.29) is 6.61 Å². The van der Waals surface area contributed by atoms with Crippen molar-refractivity contribution in [3.8, 4) is 0 Å². The van der Waals surface area contributed by atoms with Crippen LogP contribution in [0.4, 0.5) is 0 Å². The molecule has 11 heavy (non-hydrogen) atoms. The van der Waals surface area contributed by atoms with Gasteiger partial charge in [0, 0.05) is 19.6 Å². The van der Waals surface area contributed by atoms with Crippen molar-refractivity contribution in [2.45, 2.75) is 26.8 Å². The summed E-state index contributed by atoms with van der Waals surface area (Å²) in [6.45, 7) is 4.96. The van der Waals surface area contributed by atoms with Crippen molar-refractivity contribution in [2.75, 3.05) is 6.61 Å². The molecule has 0 unspecified atom stereocenters. The van der Waals surface area contributed by atoms with Crippen LogP contribution in [0, 0.1) is 6.92 Å². The van der Waals surface area contributed by atoms with Crippen LogP contribution >= 0.6 is 0 Å². The van der Waals surface area contributed by atoms with Crippen LogP contribution in [0.15, 0.2) is 0 Å². The number of aromatic nitrogens is 3. The molecule has 0 saturated heterocycles. The molecule has 62 valence electrons. The molecule has 0 aliphatic rings. The lowest BCUT2D eigenvalue weighted by molar-refractivity contribution is 0.298. The van der Waals surface area contributed by atoms with Gasteiger partial charge in [-0.25, -0.2) is 4.68 Å². The van der Waals surface area contributed by atoms with E-state index in [1.807, 2.05) is 18.5 Å². The number of aliphatic hydroxyl groups excluding tert-OH is 1. The standard InChI is InChI=1S/C7H13N3O/c1-3-10-6(2)7(4-5-11)8-9-10/h11H,3-5H2,1-2H3. The van der Waals surface area contributed by atoms with E-state index in [2.05, 4.69) is 10.3 Å². The second kappa shape index (κ2) is 3.48. The summed E-state index contributed by atoms with van der Waals surface area (Å²) in [5, 5.41) is 16.5. The summed E-state index contributed by atoms with van der Waals surface area (Å²) in [6, 6.07) is 0. The molecule has 0 bridgehead atoms. The molecule has 1 rings (SSSR count). The smallest absolute Gasteiger partial charge is 0.0879 e. The summed E-state index contributed by atoms with van der Waals surface area (Å²) in [5.41, 5.74) is 1.95. The summed E-state index contributed by atoms with van der Waals surface area (Å²) < 4.78 is 1.82. The summed E-state index contributed by atoms with van der Waals surface area (Å²) in [4.78, 5) is 0. The van der Waals surface area contributed by atoms with E-state index in [1.165, 1.54) is 0 Å². The first-order valence-corrected chi connectivity index (χ1v) is 3.79. The average Bonchev–Trinajstić information content (AvgIpc) is 2.34. The molecule has 1 aromatic rings.